The van der Waals surface area contributed by atoms with Crippen LogP contribution < -0.4 is 5.32 Å². The fraction of sp³-hybridized carbons (Fsp3) is 0.138. The largest absolute Gasteiger partial charge is 0.325 e. The number of nitrogens with one attached hydrogen (secondary N) is 1. The number of aromatic nitrogens is 2. The maximum atomic E-state index is 13.5. The van der Waals surface area contributed by atoms with E-state index in [0.717, 1.165) is 11.1 Å². The molecule has 1 N–H and O–H groups in total. The van der Waals surface area contributed by atoms with Gasteiger partial charge in [-0.3, -0.25) is 23.9 Å². The molecular weight excluding hydrogens is 549 g/mol. The predicted molar refractivity (Wildman–Crippen MR) is 162 cm³/mol. The Labute approximate surface area is 239 Å². The van der Waals surface area contributed by atoms with Crippen LogP contribution in [-0.4, -0.2) is 48.8 Å². The number of thiocarbonyl (C=S) groups is 1. The molecule has 0 spiro atoms. The average Bonchev–Trinajstić information content (AvgIpc) is 3.44. The Morgan fingerprint density at radius 3 is 2.51 bits per heavy atom. The molecule has 1 aliphatic rings. The molecule has 2 amide bonds. The Balaban J connectivity index is 1.28. The lowest BCUT2D eigenvalue weighted by Gasteiger charge is -2.15. The van der Waals surface area contributed by atoms with Gasteiger partial charge in [-0.1, -0.05) is 95.9 Å². The van der Waals surface area contributed by atoms with Crippen molar-refractivity contribution in [1.82, 2.24) is 14.5 Å². The number of aryl methyl sites for hydroxylation is 1. The van der Waals surface area contributed by atoms with Gasteiger partial charge in [0.15, 0.2) is 5.16 Å². The van der Waals surface area contributed by atoms with Gasteiger partial charge in [0, 0.05) is 18.7 Å². The number of thioether (sulfide) groups is 2. The van der Waals surface area contributed by atoms with E-state index in [1.165, 1.54) is 33.0 Å². The smallest absolute Gasteiger partial charge is 0.266 e. The molecule has 4 aromatic rings. The van der Waals surface area contributed by atoms with Crippen LogP contribution in [0.4, 0.5) is 5.69 Å². The number of benzene rings is 3. The molecule has 10 heteroatoms. The lowest BCUT2D eigenvalue weighted by atomic mass is 10.2. The van der Waals surface area contributed by atoms with Crippen molar-refractivity contribution < 1.29 is 14.4 Å². The van der Waals surface area contributed by atoms with Crippen LogP contribution in [0.5, 0.6) is 0 Å². The van der Waals surface area contributed by atoms with Crippen LogP contribution in [0.15, 0.2) is 88.9 Å². The fourth-order valence-corrected chi connectivity index (χ4v) is 6.15. The Hall–Kier alpha value is -3.73. The van der Waals surface area contributed by atoms with Crippen LogP contribution in [0.2, 0.25) is 0 Å². The summed E-state index contributed by atoms with van der Waals surface area (Å²) in [4.78, 5) is 45.6. The molecule has 3 aromatic carbocycles. The van der Waals surface area contributed by atoms with Crippen molar-refractivity contribution in [3.8, 4) is 0 Å². The van der Waals surface area contributed by atoms with Gasteiger partial charge in [-0.25, -0.2) is 4.98 Å². The molecule has 1 fully saturated rings. The van der Waals surface area contributed by atoms with E-state index in [4.69, 9.17) is 12.2 Å². The normalized spacial score (nSPS) is 14.4. The number of hydrogen-bond acceptors (Lipinski definition) is 7. The van der Waals surface area contributed by atoms with Gasteiger partial charge in [0.2, 0.25) is 11.8 Å². The average molecular weight is 573 g/mol. The zero-order chi connectivity index (χ0) is 27.4. The van der Waals surface area contributed by atoms with Crippen molar-refractivity contribution in [2.24, 2.45) is 0 Å². The lowest BCUT2D eigenvalue weighted by Crippen LogP contribution is -2.31. The summed E-state index contributed by atoms with van der Waals surface area (Å²) >= 11 is 7.87. The zero-order valence-corrected chi connectivity index (χ0v) is 23.4. The Kier molecular flexibility index (Phi) is 8.25. The summed E-state index contributed by atoms with van der Waals surface area (Å²) in [6.07, 6.45) is 1.86. The fourth-order valence-electron chi connectivity index (χ4n) is 4.02. The Bertz CT molecular complexity index is 1600. The van der Waals surface area contributed by atoms with E-state index in [0.29, 0.717) is 31.1 Å². The maximum Gasteiger partial charge on any atom is 0.266 e. The van der Waals surface area contributed by atoms with Crippen molar-refractivity contribution in [3.63, 3.8) is 0 Å². The van der Waals surface area contributed by atoms with Crippen LogP contribution in [0.3, 0.4) is 0 Å². The number of para-hydroxylation sites is 2. The van der Waals surface area contributed by atoms with Gasteiger partial charge >= 0.3 is 0 Å². The number of carbonyl (C=O) groups excluding carboxylic acids is 3. The van der Waals surface area contributed by atoms with E-state index in [-0.39, 0.29) is 36.4 Å². The number of hydrogen-bond donors (Lipinski definition) is 1. The highest BCUT2D eigenvalue weighted by Gasteiger charge is 2.32. The summed E-state index contributed by atoms with van der Waals surface area (Å²) in [5.74, 6) is -0.549. The second kappa shape index (κ2) is 12.0. The van der Waals surface area contributed by atoms with Gasteiger partial charge in [0.25, 0.3) is 5.91 Å². The Morgan fingerprint density at radius 2 is 1.74 bits per heavy atom. The first kappa shape index (κ1) is 26.9. The first-order chi connectivity index (χ1) is 18.9. The highest BCUT2D eigenvalue weighted by molar-refractivity contribution is 8.26. The predicted octanol–water partition coefficient (Wildman–Crippen LogP) is 6.01. The number of anilines is 1. The van der Waals surface area contributed by atoms with E-state index in [9.17, 15) is 14.4 Å². The molecule has 0 unspecified atom stereocenters. The van der Waals surface area contributed by atoms with Crippen LogP contribution in [-0.2, 0) is 9.59 Å². The molecule has 0 aliphatic carbocycles. The minimum absolute atomic E-state index is 0.0501. The minimum Gasteiger partial charge on any atom is -0.325 e. The quantitative estimate of drug-likeness (QED) is 0.157. The number of amides is 2. The van der Waals surface area contributed by atoms with E-state index in [2.05, 4.69) is 10.3 Å². The maximum absolute atomic E-state index is 13.5. The molecule has 196 valence electrons. The zero-order valence-electron chi connectivity index (χ0n) is 21.0. The molecule has 39 heavy (non-hydrogen) atoms. The van der Waals surface area contributed by atoms with Gasteiger partial charge in [-0.2, -0.15) is 0 Å². The summed E-state index contributed by atoms with van der Waals surface area (Å²) in [5.41, 5.74) is 4.03. The van der Waals surface area contributed by atoms with Crippen LogP contribution in [0.25, 0.3) is 17.1 Å². The molecule has 1 saturated heterocycles. The molecule has 2 heterocycles. The highest BCUT2D eigenvalue weighted by Crippen LogP contribution is 2.33. The highest BCUT2D eigenvalue weighted by atomic mass is 32.2. The first-order valence-corrected chi connectivity index (χ1v) is 14.4. The first-order valence-electron chi connectivity index (χ1n) is 12.2. The third kappa shape index (κ3) is 6.30. The topological polar surface area (TPSA) is 84.3 Å². The molecule has 1 aliphatic heterocycles. The van der Waals surface area contributed by atoms with E-state index < -0.39 is 0 Å². The number of imidazole rings is 1. The van der Waals surface area contributed by atoms with Crippen LogP contribution in [0.1, 0.15) is 22.3 Å². The van der Waals surface area contributed by atoms with Crippen LogP contribution >= 0.6 is 35.7 Å². The van der Waals surface area contributed by atoms with Gasteiger partial charge in [0.05, 0.1) is 21.7 Å². The van der Waals surface area contributed by atoms with Gasteiger partial charge in [-0.15, -0.1) is 0 Å². The van der Waals surface area contributed by atoms with Gasteiger partial charge < -0.3 is 5.32 Å². The summed E-state index contributed by atoms with van der Waals surface area (Å²) in [7, 11) is 0. The van der Waals surface area contributed by atoms with Gasteiger partial charge in [0.1, 0.15) is 4.32 Å². The molecule has 0 bridgehead atoms. The summed E-state index contributed by atoms with van der Waals surface area (Å²) < 4.78 is 1.95. The standard InChI is InChI=1S/C29H24N4O3S3/c1-19-11-13-21(14-12-19)30-25(34)18-38-28-31-22-9-5-6-10-23(22)33(28)26(35)15-16-32-27(36)24(39-29(32)37)17-20-7-3-2-4-8-20/h2-14,17H,15-16,18H2,1H3,(H,30,34)/b24-17-. The van der Waals surface area contributed by atoms with E-state index in [1.54, 1.807) is 6.08 Å². The van der Waals surface area contributed by atoms with E-state index in [1.807, 2.05) is 85.8 Å². The van der Waals surface area contributed by atoms with Crippen molar-refractivity contribution in [1.29, 1.82) is 0 Å². The monoisotopic (exact) mass is 572 g/mol. The van der Waals surface area contributed by atoms with Crippen LogP contribution in [0, 0.1) is 6.92 Å². The second-order valence-corrected chi connectivity index (χ2v) is 11.4. The molecular formula is C29H24N4O3S3. The Morgan fingerprint density at radius 1 is 1.03 bits per heavy atom. The summed E-state index contributed by atoms with van der Waals surface area (Å²) in [6.45, 7) is 2.13. The number of carbonyl (C=O) groups is 3. The van der Waals surface area contributed by atoms with E-state index >= 15 is 0 Å². The van der Waals surface area contributed by atoms with Crippen molar-refractivity contribution in [2.45, 2.75) is 18.5 Å². The molecule has 0 radical (unpaired) electrons. The van der Waals surface area contributed by atoms with Crippen molar-refractivity contribution in [2.75, 3.05) is 17.6 Å². The second-order valence-electron chi connectivity index (χ2n) is 8.81. The number of rotatable bonds is 8. The lowest BCUT2D eigenvalue weighted by molar-refractivity contribution is -0.122. The number of nitrogens with zero attached hydrogens (tertiary/aromatic N) is 3. The molecule has 0 atom stereocenters. The summed E-state index contributed by atoms with van der Waals surface area (Å²) in [5, 5.41) is 3.29. The SMILES string of the molecule is Cc1ccc(NC(=O)CSc2nc3ccccc3n2C(=O)CCN2C(=O)/C(=C/c3ccccc3)SC2=S)cc1. The van der Waals surface area contributed by atoms with Crippen molar-refractivity contribution in [3.05, 3.63) is 94.9 Å². The minimum atomic E-state index is -0.230. The molecule has 0 saturated carbocycles. The number of fused-ring (bicyclic) bond motifs is 1. The molecule has 7 nitrogen and oxygen atoms in total. The third-order valence-corrected chi connectivity index (χ3v) is 8.28. The van der Waals surface area contributed by atoms with Gasteiger partial charge in [-0.05, 0) is 42.8 Å². The summed E-state index contributed by atoms with van der Waals surface area (Å²) in [6, 6.07) is 24.4. The molecule has 1 aromatic heterocycles. The third-order valence-electron chi connectivity index (χ3n) is 5.97. The molecule has 5 rings (SSSR count). The van der Waals surface area contributed by atoms with Crippen molar-refractivity contribution >= 4 is 80.6 Å².